The maximum atomic E-state index is 5.58. The van der Waals surface area contributed by atoms with Crippen LogP contribution < -0.4 is 5.32 Å². The van der Waals surface area contributed by atoms with Crippen LogP contribution in [-0.4, -0.2) is 75.9 Å². The lowest BCUT2D eigenvalue weighted by atomic mass is 10.2. The van der Waals surface area contributed by atoms with Gasteiger partial charge in [0.05, 0.1) is 13.2 Å². The van der Waals surface area contributed by atoms with Crippen LogP contribution in [0.2, 0.25) is 0 Å². The summed E-state index contributed by atoms with van der Waals surface area (Å²) in [6, 6.07) is 0.625. The average Bonchev–Trinajstić information content (AvgIpc) is 2.17. The van der Waals surface area contributed by atoms with Crippen molar-refractivity contribution < 1.29 is 4.74 Å². The summed E-state index contributed by atoms with van der Waals surface area (Å²) in [5.74, 6) is 0. The van der Waals surface area contributed by atoms with E-state index in [1.165, 1.54) is 0 Å². The second kappa shape index (κ2) is 7.17. The zero-order chi connectivity index (χ0) is 11.1. The molecule has 90 valence electrons. The zero-order valence-corrected chi connectivity index (χ0v) is 10.3. The summed E-state index contributed by atoms with van der Waals surface area (Å²) >= 11 is 0. The minimum absolute atomic E-state index is 0.625. The third-order valence-electron chi connectivity index (χ3n) is 2.69. The van der Waals surface area contributed by atoms with Crippen LogP contribution in [0.5, 0.6) is 0 Å². The first-order chi connectivity index (χ1) is 7.18. The smallest absolute Gasteiger partial charge is 0.0594 e. The largest absolute Gasteiger partial charge is 0.379 e. The van der Waals surface area contributed by atoms with Gasteiger partial charge in [-0.05, 0) is 21.0 Å². The molecule has 1 heterocycles. The summed E-state index contributed by atoms with van der Waals surface area (Å²) in [5.41, 5.74) is 0. The van der Waals surface area contributed by atoms with E-state index < -0.39 is 0 Å². The van der Waals surface area contributed by atoms with E-state index in [0.717, 1.165) is 45.9 Å². The molecule has 1 fully saturated rings. The Labute approximate surface area is 93.6 Å². The maximum absolute atomic E-state index is 5.58. The van der Waals surface area contributed by atoms with Crippen molar-refractivity contribution in [3.8, 4) is 0 Å². The van der Waals surface area contributed by atoms with Crippen molar-refractivity contribution in [3.05, 3.63) is 0 Å². The molecule has 1 aliphatic heterocycles. The number of nitrogens with one attached hydrogen (secondary N) is 1. The van der Waals surface area contributed by atoms with Crippen LogP contribution in [-0.2, 0) is 4.74 Å². The van der Waals surface area contributed by atoms with Gasteiger partial charge in [-0.2, -0.15) is 0 Å². The highest BCUT2D eigenvalue weighted by molar-refractivity contribution is 4.74. The van der Waals surface area contributed by atoms with E-state index in [9.17, 15) is 0 Å². The van der Waals surface area contributed by atoms with Gasteiger partial charge in [0.15, 0.2) is 0 Å². The molecule has 1 N–H and O–H groups in total. The average molecular weight is 215 g/mol. The number of hydrogen-bond acceptors (Lipinski definition) is 4. The Balaban J connectivity index is 1.95. The van der Waals surface area contributed by atoms with Gasteiger partial charge in [-0.15, -0.1) is 0 Å². The second-order valence-corrected chi connectivity index (χ2v) is 4.57. The van der Waals surface area contributed by atoms with E-state index in [1.807, 2.05) is 0 Å². The van der Waals surface area contributed by atoms with Crippen LogP contribution >= 0.6 is 0 Å². The molecule has 1 saturated heterocycles. The Morgan fingerprint density at radius 2 is 2.20 bits per heavy atom. The second-order valence-electron chi connectivity index (χ2n) is 4.57. The fourth-order valence-electron chi connectivity index (χ4n) is 1.76. The van der Waals surface area contributed by atoms with Gasteiger partial charge in [-0.3, -0.25) is 4.90 Å². The monoisotopic (exact) mass is 215 g/mol. The normalized spacial score (nSPS) is 23.6. The number of likely N-dealkylation sites (N-methyl/N-ethyl adjacent to an activating group) is 1. The van der Waals surface area contributed by atoms with E-state index in [-0.39, 0.29) is 0 Å². The number of rotatable bonds is 6. The third-order valence-corrected chi connectivity index (χ3v) is 2.69. The molecule has 0 radical (unpaired) electrons. The van der Waals surface area contributed by atoms with Gasteiger partial charge >= 0.3 is 0 Å². The molecule has 1 unspecified atom stereocenters. The van der Waals surface area contributed by atoms with Crippen molar-refractivity contribution in [2.24, 2.45) is 0 Å². The molecule has 0 saturated carbocycles. The fourth-order valence-corrected chi connectivity index (χ4v) is 1.76. The first-order valence-corrected chi connectivity index (χ1v) is 5.86. The Hall–Kier alpha value is -0.160. The van der Waals surface area contributed by atoms with Crippen molar-refractivity contribution in [1.29, 1.82) is 0 Å². The summed E-state index contributed by atoms with van der Waals surface area (Å²) in [7, 11) is 4.14. The van der Waals surface area contributed by atoms with Crippen molar-refractivity contribution >= 4 is 0 Å². The van der Waals surface area contributed by atoms with Gasteiger partial charge in [-0.1, -0.05) is 0 Å². The summed E-state index contributed by atoms with van der Waals surface area (Å²) < 4.78 is 5.58. The van der Waals surface area contributed by atoms with Gasteiger partial charge in [0.2, 0.25) is 0 Å². The lowest BCUT2D eigenvalue weighted by Gasteiger charge is -2.31. The van der Waals surface area contributed by atoms with Gasteiger partial charge in [-0.25, -0.2) is 0 Å². The van der Waals surface area contributed by atoms with Crippen molar-refractivity contribution in [2.75, 3.05) is 60.0 Å². The Bertz CT molecular complexity index is 164. The SMILES string of the molecule is CC1CN(CCOCCN(C)C)CCN1. The molecule has 1 atom stereocenters. The minimum Gasteiger partial charge on any atom is -0.379 e. The quantitative estimate of drug-likeness (QED) is 0.624. The predicted molar refractivity (Wildman–Crippen MR) is 63.3 cm³/mol. The lowest BCUT2D eigenvalue weighted by molar-refractivity contribution is 0.0838. The van der Waals surface area contributed by atoms with Crippen molar-refractivity contribution in [3.63, 3.8) is 0 Å². The summed E-state index contributed by atoms with van der Waals surface area (Å²) in [6.45, 7) is 9.43. The molecular formula is C11H25N3O. The van der Waals surface area contributed by atoms with Gasteiger partial charge in [0, 0.05) is 38.8 Å². The number of piperazine rings is 1. The topological polar surface area (TPSA) is 27.7 Å². The standard InChI is InChI=1S/C11H25N3O/c1-11-10-14(5-4-12-11)7-9-15-8-6-13(2)3/h11-12H,4-10H2,1-3H3. The molecule has 15 heavy (non-hydrogen) atoms. The van der Waals surface area contributed by atoms with Crippen molar-refractivity contribution in [1.82, 2.24) is 15.1 Å². The van der Waals surface area contributed by atoms with Gasteiger partial charge in [0.25, 0.3) is 0 Å². The Kier molecular flexibility index (Phi) is 6.17. The van der Waals surface area contributed by atoms with Gasteiger partial charge < -0.3 is 15.0 Å². The zero-order valence-electron chi connectivity index (χ0n) is 10.3. The van der Waals surface area contributed by atoms with E-state index >= 15 is 0 Å². The number of hydrogen-bond donors (Lipinski definition) is 1. The van der Waals surface area contributed by atoms with Crippen LogP contribution in [0.1, 0.15) is 6.92 Å². The Morgan fingerprint density at radius 1 is 1.40 bits per heavy atom. The highest BCUT2D eigenvalue weighted by Crippen LogP contribution is 1.97. The van der Waals surface area contributed by atoms with Crippen LogP contribution in [0.4, 0.5) is 0 Å². The fraction of sp³-hybridized carbons (Fsp3) is 1.00. The summed E-state index contributed by atoms with van der Waals surface area (Å²) in [5, 5.41) is 3.44. The summed E-state index contributed by atoms with van der Waals surface area (Å²) in [4.78, 5) is 4.61. The van der Waals surface area contributed by atoms with Crippen LogP contribution in [0.3, 0.4) is 0 Å². The molecule has 0 amide bonds. The van der Waals surface area contributed by atoms with E-state index in [2.05, 4.69) is 36.1 Å². The van der Waals surface area contributed by atoms with E-state index in [1.54, 1.807) is 0 Å². The molecular weight excluding hydrogens is 190 g/mol. The first-order valence-electron chi connectivity index (χ1n) is 5.86. The molecule has 0 aromatic rings. The first kappa shape index (κ1) is 12.9. The van der Waals surface area contributed by atoms with Crippen LogP contribution in [0, 0.1) is 0 Å². The number of ether oxygens (including phenoxy) is 1. The molecule has 4 heteroatoms. The number of nitrogens with zero attached hydrogens (tertiary/aromatic N) is 2. The predicted octanol–water partition coefficient (Wildman–Crippen LogP) is -0.142. The van der Waals surface area contributed by atoms with Gasteiger partial charge in [0.1, 0.15) is 0 Å². The molecule has 0 aromatic carbocycles. The Morgan fingerprint density at radius 3 is 2.87 bits per heavy atom. The van der Waals surface area contributed by atoms with Crippen molar-refractivity contribution in [2.45, 2.75) is 13.0 Å². The third kappa shape index (κ3) is 6.10. The maximum Gasteiger partial charge on any atom is 0.0594 e. The highest BCUT2D eigenvalue weighted by Gasteiger charge is 2.14. The molecule has 1 aliphatic rings. The van der Waals surface area contributed by atoms with Crippen LogP contribution in [0.15, 0.2) is 0 Å². The minimum atomic E-state index is 0.625. The summed E-state index contributed by atoms with van der Waals surface area (Å²) in [6.07, 6.45) is 0. The van der Waals surface area contributed by atoms with E-state index in [0.29, 0.717) is 6.04 Å². The van der Waals surface area contributed by atoms with Crippen LogP contribution in [0.25, 0.3) is 0 Å². The molecule has 0 bridgehead atoms. The lowest BCUT2D eigenvalue weighted by Crippen LogP contribution is -2.50. The molecule has 0 aromatic heterocycles. The molecule has 0 aliphatic carbocycles. The molecule has 0 spiro atoms. The van der Waals surface area contributed by atoms with E-state index in [4.69, 9.17) is 4.74 Å². The highest BCUT2D eigenvalue weighted by atomic mass is 16.5. The molecule has 1 rings (SSSR count). The molecule has 4 nitrogen and oxygen atoms in total.